The lowest BCUT2D eigenvalue weighted by Crippen LogP contribution is -2.30. The maximum absolute atomic E-state index is 13.9. The number of hydrogen-bond donors (Lipinski definition) is 0. The minimum Gasteiger partial charge on any atom is -0.497 e. The number of rotatable bonds is 8. The van der Waals surface area contributed by atoms with E-state index in [4.69, 9.17) is 14.2 Å². The fourth-order valence-electron chi connectivity index (χ4n) is 5.72. The second-order valence-corrected chi connectivity index (χ2v) is 10.2. The van der Waals surface area contributed by atoms with Gasteiger partial charge in [-0.15, -0.1) is 0 Å². The van der Waals surface area contributed by atoms with Gasteiger partial charge in [0.15, 0.2) is 5.78 Å². The lowest BCUT2D eigenvalue weighted by atomic mass is 9.65. The van der Waals surface area contributed by atoms with Crippen LogP contribution >= 0.6 is 0 Å². The van der Waals surface area contributed by atoms with Crippen LogP contribution in [-0.2, 0) is 20.9 Å². The zero-order valence-corrected chi connectivity index (χ0v) is 23.2. The van der Waals surface area contributed by atoms with E-state index in [0.717, 1.165) is 44.9 Å². The van der Waals surface area contributed by atoms with Crippen molar-refractivity contribution in [3.8, 4) is 11.5 Å². The molecule has 0 spiro atoms. The summed E-state index contributed by atoms with van der Waals surface area (Å²) in [6.07, 6.45) is 1.04. The Morgan fingerprint density at radius 3 is 2.20 bits per heavy atom. The van der Waals surface area contributed by atoms with Gasteiger partial charge in [0.05, 0.1) is 19.3 Å². The first-order valence-corrected chi connectivity index (χ1v) is 13.7. The third-order valence-corrected chi connectivity index (χ3v) is 7.85. The number of benzene rings is 3. The lowest BCUT2D eigenvalue weighted by molar-refractivity contribution is -0.138. The summed E-state index contributed by atoms with van der Waals surface area (Å²) in [5.74, 6) is 0.628. The molecule has 0 aliphatic heterocycles. The van der Waals surface area contributed by atoms with E-state index in [1.165, 1.54) is 0 Å². The molecule has 2 atom stereocenters. The summed E-state index contributed by atoms with van der Waals surface area (Å²) in [7, 11) is 1.64. The first-order valence-electron chi connectivity index (χ1n) is 13.7. The molecule has 0 fully saturated rings. The molecule has 2 aliphatic rings. The average Bonchev–Trinajstić information content (AvgIpc) is 2.98. The molecule has 2 aliphatic carbocycles. The van der Waals surface area contributed by atoms with Crippen molar-refractivity contribution in [3.05, 3.63) is 130 Å². The zero-order chi connectivity index (χ0) is 28.2. The summed E-state index contributed by atoms with van der Waals surface area (Å²) in [6, 6.07) is 25.5. The minimum atomic E-state index is -0.521. The molecule has 5 nitrogen and oxygen atoms in total. The third kappa shape index (κ3) is 5.37. The number of ether oxygens (including phenoxy) is 3. The molecule has 0 amide bonds. The van der Waals surface area contributed by atoms with E-state index in [1.807, 2.05) is 85.8 Å². The highest BCUT2D eigenvalue weighted by molar-refractivity contribution is 6.06. The van der Waals surface area contributed by atoms with Gasteiger partial charge in [0, 0.05) is 17.9 Å². The monoisotopic (exact) mass is 534 g/mol. The van der Waals surface area contributed by atoms with Crippen LogP contribution < -0.4 is 9.47 Å². The van der Waals surface area contributed by atoms with Crippen molar-refractivity contribution in [3.63, 3.8) is 0 Å². The Morgan fingerprint density at radius 2 is 1.55 bits per heavy atom. The van der Waals surface area contributed by atoms with E-state index in [1.54, 1.807) is 14.0 Å². The normalized spacial score (nSPS) is 18.9. The van der Waals surface area contributed by atoms with Gasteiger partial charge in [-0.2, -0.15) is 0 Å². The highest BCUT2D eigenvalue weighted by Gasteiger charge is 2.42. The number of ketones is 1. The summed E-state index contributed by atoms with van der Waals surface area (Å²) in [4.78, 5) is 27.2. The molecule has 0 saturated carbocycles. The van der Waals surface area contributed by atoms with Crippen LogP contribution in [0.4, 0.5) is 0 Å². The largest absolute Gasteiger partial charge is 0.497 e. The molecule has 3 aromatic carbocycles. The second kappa shape index (κ2) is 11.8. The van der Waals surface area contributed by atoms with Crippen molar-refractivity contribution >= 4 is 11.8 Å². The van der Waals surface area contributed by atoms with Gasteiger partial charge in [0.25, 0.3) is 0 Å². The Balaban J connectivity index is 1.50. The zero-order valence-electron chi connectivity index (χ0n) is 23.2. The van der Waals surface area contributed by atoms with Crippen molar-refractivity contribution in [2.45, 2.75) is 45.1 Å². The highest BCUT2D eigenvalue weighted by atomic mass is 16.5. The molecule has 5 rings (SSSR count). The van der Waals surface area contributed by atoms with Crippen LogP contribution in [0.1, 0.15) is 55.2 Å². The summed E-state index contributed by atoms with van der Waals surface area (Å²) in [5.41, 5.74) is 6.60. The lowest BCUT2D eigenvalue weighted by Gasteiger charge is -2.37. The molecule has 0 N–H and O–H groups in total. The van der Waals surface area contributed by atoms with Crippen molar-refractivity contribution in [1.29, 1.82) is 0 Å². The molecule has 0 heterocycles. The molecular formula is C35H34O5. The number of carbonyl (C=O) groups excluding carboxylic acids is 2. The Hall–Kier alpha value is -4.38. The SMILES string of the molecule is C=C1C(C)=C(C(=O)OCC)C(c2ccc(OCc3ccccc3)cc2)C2=C1CC(c1ccc(OC)cc1)CC2=O. The molecular weight excluding hydrogens is 500 g/mol. The quantitative estimate of drug-likeness (QED) is 0.285. The number of Topliss-reactive ketones (excluding diaryl/α,β-unsaturated/α-hetero) is 1. The molecule has 0 radical (unpaired) electrons. The molecule has 0 aromatic heterocycles. The molecule has 3 aromatic rings. The number of esters is 1. The van der Waals surface area contributed by atoms with Gasteiger partial charge in [-0.25, -0.2) is 4.79 Å². The first-order chi connectivity index (χ1) is 19.4. The summed E-state index contributed by atoms with van der Waals surface area (Å²) < 4.78 is 16.8. The molecule has 204 valence electrons. The van der Waals surface area contributed by atoms with Crippen LogP contribution in [0.25, 0.3) is 0 Å². The maximum Gasteiger partial charge on any atom is 0.335 e. The van der Waals surface area contributed by atoms with Crippen LogP contribution in [0.5, 0.6) is 11.5 Å². The van der Waals surface area contributed by atoms with Gasteiger partial charge in [0.2, 0.25) is 0 Å². The van der Waals surface area contributed by atoms with Crippen LogP contribution in [0.3, 0.4) is 0 Å². The van der Waals surface area contributed by atoms with E-state index < -0.39 is 11.9 Å². The van der Waals surface area contributed by atoms with E-state index in [-0.39, 0.29) is 18.3 Å². The second-order valence-electron chi connectivity index (χ2n) is 10.2. The standard InChI is InChI=1S/C35H34O5/c1-5-39-35(37)32-23(3)22(2)30-19-27(25-11-15-28(38-4)16-12-25)20-31(36)34(30)33(32)26-13-17-29(18-14-26)40-21-24-9-7-6-8-10-24/h6-18,27,33H,2,5,19-21H2,1,3-4H3. The summed E-state index contributed by atoms with van der Waals surface area (Å²) in [6.45, 7) is 8.74. The molecule has 2 unspecified atom stereocenters. The fourth-order valence-corrected chi connectivity index (χ4v) is 5.72. The number of hydrogen-bond acceptors (Lipinski definition) is 5. The minimum absolute atomic E-state index is 0.0280. The van der Waals surface area contributed by atoms with Crippen molar-refractivity contribution in [2.75, 3.05) is 13.7 Å². The molecule has 0 saturated heterocycles. The maximum atomic E-state index is 13.9. The van der Waals surface area contributed by atoms with Crippen LogP contribution in [0.2, 0.25) is 0 Å². The van der Waals surface area contributed by atoms with Gasteiger partial charge in [-0.3, -0.25) is 4.79 Å². The molecule has 40 heavy (non-hydrogen) atoms. The van der Waals surface area contributed by atoms with Crippen molar-refractivity contribution in [2.24, 2.45) is 0 Å². The highest BCUT2D eigenvalue weighted by Crippen LogP contribution is 2.50. The van der Waals surface area contributed by atoms with E-state index in [2.05, 4.69) is 6.58 Å². The Kier molecular flexibility index (Phi) is 8.01. The molecule has 0 bridgehead atoms. The topological polar surface area (TPSA) is 61.8 Å². The van der Waals surface area contributed by atoms with Crippen LogP contribution in [0, 0.1) is 0 Å². The predicted octanol–water partition coefficient (Wildman–Crippen LogP) is 7.25. The van der Waals surface area contributed by atoms with Gasteiger partial charge < -0.3 is 14.2 Å². The van der Waals surface area contributed by atoms with E-state index >= 15 is 0 Å². The third-order valence-electron chi connectivity index (χ3n) is 7.85. The number of carbonyl (C=O) groups is 2. The van der Waals surface area contributed by atoms with Crippen LogP contribution in [0.15, 0.2) is 113 Å². The number of allylic oxidation sites excluding steroid dienone is 4. The van der Waals surface area contributed by atoms with Gasteiger partial charge in [0.1, 0.15) is 18.1 Å². The summed E-state index contributed by atoms with van der Waals surface area (Å²) in [5, 5.41) is 0. The Labute approximate surface area is 235 Å². The van der Waals surface area contributed by atoms with Gasteiger partial charge in [-0.05, 0) is 83.9 Å². The van der Waals surface area contributed by atoms with E-state index in [0.29, 0.717) is 30.6 Å². The Morgan fingerprint density at radius 1 is 0.900 bits per heavy atom. The van der Waals surface area contributed by atoms with Crippen molar-refractivity contribution in [1.82, 2.24) is 0 Å². The van der Waals surface area contributed by atoms with Gasteiger partial charge >= 0.3 is 5.97 Å². The Bertz CT molecular complexity index is 1480. The fraction of sp³-hybridized carbons (Fsp3) is 0.257. The summed E-state index contributed by atoms with van der Waals surface area (Å²) >= 11 is 0. The van der Waals surface area contributed by atoms with Crippen LogP contribution in [-0.4, -0.2) is 25.5 Å². The first kappa shape index (κ1) is 27.2. The van der Waals surface area contributed by atoms with Crippen molar-refractivity contribution < 1.29 is 23.8 Å². The predicted molar refractivity (Wildman–Crippen MR) is 155 cm³/mol. The number of methoxy groups -OCH3 is 1. The molecule has 5 heteroatoms. The van der Waals surface area contributed by atoms with Gasteiger partial charge in [-0.1, -0.05) is 61.2 Å². The smallest absolute Gasteiger partial charge is 0.335 e. The average molecular weight is 535 g/mol. The van der Waals surface area contributed by atoms with E-state index in [9.17, 15) is 9.59 Å².